The number of carbonyl (C=O) groups excluding carboxylic acids is 4. The van der Waals surface area contributed by atoms with Crippen LogP contribution in [0.3, 0.4) is 0 Å². The van der Waals surface area contributed by atoms with Crippen LogP contribution in [-0.2, 0) is 27.3 Å². The lowest BCUT2D eigenvalue weighted by Crippen LogP contribution is -2.47. The highest BCUT2D eigenvalue weighted by Crippen LogP contribution is 2.11. The van der Waals surface area contributed by atoms with E-state index in [0.717, 1.165) is 11.1 Å². The number of hydrogen-bond acceptors (Lipinski definition) is 7. The maximum Gasteiger partial charge on any atom is 0.328 e. The van der Waals surface area contributed by atoms with Gasteiger partial charge < -0.3 is 26.0 Å². The largest absolute Gasteiger partial charge is 0.464 e. The normalized spacial score (nSPS) is 11.1. The maximum atomic E-state index is 12.6. The SMILES string of the molecule is CCOC(=O)C(Cc1cccnc1)NC(=O)CNC(=O)c1cccc(NC(=O)NCc2ccncc2)c1. The van der Waals surface area contributed by atoms with Gasteiger partial charge in [-0.2, -0.15) is 0 Å². The second-order valence-corrected chi connectivity index (χ2v) is 7.86. The zero-order valence-electron chi connectivity index (χ0n) is 20.3. The summed E-state index contributed by atoms with van der Waals surface area (Å²) in [6, 6.07) is 12.0. The predicted octanol–water partition coefficient (Wildman–Crippen LogP) is 1.82. The summed E-state index contributed by atoms with van der Waals surface area (Å²) in [6.45, 7) is 1.80. The molecule has 2 aromatic heterocycles. The molecule has 192 valence electrons. The van der Waals surface area contributed by atoms with Crippen LogP contribution in [-0.4, -0.2) is 53.0 Å². The molecular formula is C26H28N6O5. The molecule has 1 atom stereocenters. The van der Waals surface area contributed by atoms with E-state index < -0.39 is 29.9 Å². The fraction of sp³-hybridized carbons (Fsp3) is 0.231. The van der Waals surface area contributed by atoms with Crippen molar-refractivity contribution in [2.24, 2.45) is 0 Å². The number of urea groups is 1. The summed E-state index contributed by atoms with van der Waals surface area (Å²) in [5, 5.41) is 10.5. The minimum absolute atomic E-state index is 0.168. The lowest BCUT2D eigenvalue weighted by Gasteiger charge is -2.17. The van der Waals surface area contributed by atoms with E-state index >= 15 is 0 Å². The molecule has 0 saturated carbocycles. The number of anilines is 1. The van der Waals surface area contributed by atoms with E-state index in [1.54, 1.807) is 74.2 Å². The number of nitrogens with one attached hydrogen (secondary N) is 4. The van der Waals surface area contributed by atoms with Crippen molar-refractivity contribution < 1.29 is 23.9 Å². The second kappa shape index (κ2) is 13.9. The van der Waals surface area contributed by atoms with Crippen LogP contribution in [0.5, 0.6) is 0 Å². The van der Waals surface area contributed by atoms with Gasteiger partial charge in [-0.05, 0) is 54.4 Å². The van der Waals surface area contributed by atoms with Crippen LogP contribution in [0.15, 0.2) is 73.3 Å². The Morgan fingerprint density at radius 2 is 1.73 bits per heavy atom. The van der Waals surface area contributed by atoms with Crippen molar-refractivity contribution >= 4 is 29.5 Å². The van der Waals surface area contributed by atoms with Gasteiger partial charge in [0.25, 0.3) is 5.91 Å². The third-order valence-electron chi connectivity index (χ3n) is 5.06. The van der Waals surface area contributed by atoms with Gasteiger partial charge in [-0.15, -0.1) is 0 Å². The number of esters is 1. The molecular weight excluding hydrogens is 476 g/mol. The summed E-state index contributed by atoms with van der Waals surface area (Å²) >= 11 is 0. The summed E-state index contributed by atoms with van der Waals surface area (Å²) < 4.78 is 5.06. The van der Waals surface area contributed by atoms with Crippen molar-refractivity contribution in [1.29, 1.82) is 0 Å². The van der Waals surface area contributed by atoms with Gasteiger partial charge in [-0.1, -0.05) is 12.1 Å². The number of pyridine rings is 2. The molecule has 37 heavy (non-hydrogen) atoms. The Hall–Kier alpha value is -4.80. The van der Waals surface area contributed by atoms with Gasteiger partial charge in [0.2, 0.25) is 5.91 Å². The number of carbonyl (C=O) groups is 4. The summed E-state index contributed by atoms with van der Waals surface area (Å²) in [4.78, 5) is 57.5. The summed E-state index contributed by atoms with van der Waals surface area (Å²) in [7, 11) is 0. The average Bonchev–Trinajstić information content (AvgIpc) is 2.91. The molecule has 0 fully saturated rings. The third kappa shape index (κ3) is 9.06. The van der Waals surface area contributed by atoms with Gasteiger partial charge in [0.05, 0.1) is 13.2 Å². The molecule has 4 amide bonds. The Morgan fingerprint density at radius 1 is 0.919 bits per heavy atom. The Labute approximate surface area is 214 Å². The van der Waals surface area contributed by atoms with Crippen LogP contribution in [0.4, 0.5) is 10.5 Å². The molecule has 0 spiro atoms. The average molecular weight is 505 g/mol. The molecule has 0 bridgehead atoms. The number of benzene rings is 1. The molecule has 11 heteroatoms. The molecule has 1 aromatic carbocycles. The number of amides is 4. The minimum Gasteiger partial charge on any atom is -0.464 e. The molecule has 3 aromatic rings. The van der Waals surface area contributed by atoms with Crippen LogP contribution in [0, 0.1) is 0 Å². The van der Waals surface area contributed by atoms with Crippen LogP contribution in [0.1, 0.15) is 28.4 Å². The Bertz CT molecular complexity index is 1210. The summed E-state index contributed by atoms with van der Waals surface area (Å²) in [5.74, 6) is -1.65. The lowest BCUT2D eigenvalue weighted by molar-refractivity contribution is -0.147. The standard InChI is InChI=1S/C26H28N6O5/c1-2-37-25(35)22(13-19-5-4-10-28-15-19)32-23(33)17-29-24(34)20-6-3-7-21(14-20)31-26(36)30-16-18-8-11-27-12-9-18/h3-12,14-15,22H,2,13,16-17H2,1H3,(H,29,34)(H,32,33)(H2,30,31,36). The first kappa shape index (κ1) is 26.8. The maximum absolute atomic E-state index is 12.6. The van der Waals surface area contributed by atoms with Gasteiger partial charge in [0.1, 0.15) is 6.04 Å². The fourth-order valence-electron chi connectivity index (χ4n) is 3.30. The zero-order chi connectivity index (χ0) is 26.5. The molecule has 1 unspecified atom stereocenters. The van der Waals surface area contributed by atoms with Crippen molar-refractivity contribution in [2.45, 2.75) is 25.9 Å². The molecule has 4 N–H and O–H groups in total. The van der Waals surface area contributed by atoms with E-state index in [1.165, 1.54) is 6.07 Å². The molecule has 0 aliphatic rings. The Morgan fingerprint density at radius 3 is 2.46 bits per heavy atom. The smallest absolute Gasteiger partial charge is 0.328 e. The van der Waals surface area contributed by atoms with Crippen LogP contribution in [0.25, 0.3) is 0 Å². The zero-order valence-corrected chi connectivity index (χ0v) is 20.3. The van der Waals surface area contributed by atoms with Crippen molar-refractivity contribution in [3.05, 3.63) is 90.0 Å². The first-order valence-electron chi connectivity index (χ1n) is 11.6. The molecule has 3 rings (SSSR count). The quantitative estimate of drug-likeness (QED) is 0.291. The van der Waals surface area contributed by atoms with Gasteiger partial charge >= 0.3 is 12.0 Å². The highest BCUT2D eigenvalue weighted by molar-refractivity contribution is 5.98. The molecule has 0 saturated heterocycles. The van der Waals surface area contributed by atoms with E-state index in [4.69, 9.17) is 4.74 Å². The van der Waals surface area contributed by atoms with Crippen molar-refractivity contribution in [2.75, 3.05) is 18.5 Å². The Balaban J connectivity index is 1.51. The lowest BCUT2D eigenvalue weighted by atomic mass is 10.1. The fourth-order valence-corrected chi connectivity index (χ4v) is 3.30. The van der Waals surface area contributed by atoms with Crippen LogP contribution >= 0.6 is 0 Å². The van der Waals surface area contributed by atoms with E-state index in [9.17, 15) is 19.2 Å². The molecule has 2 heterocycles. The summed E-state index contributed by atoms with van der Waals surface area (Å²) in [6.07, 6.45) is 6.67. The monoisotopic (exact) mass is 504 g/mol. The highest BCUT2D eigenvalue weighted by atomic mass is 16.5. The van der Waals surface area contributed by atoms with Gasteiger partial charge in [-0.25, -0.2) is 9.59 Å². The number of aromatic nitrogens is 2. The predicted molar refractivity (Wildman–Crippen MR) is 135 cm³/mol. The van der Waals surface area contributed by atoms with E-state index in [2.05, 4.69) is 31.2 Å². The highest BCUT2D eigenvalue weighted by Gasteiger charge is 2.23. The topological polar surface area (TPSA) is 151 Å². The first-order chi connectivity index (χ1) is 17.9. The van der Waals surface area contributed by atoms with Gasteiger partial charge in [0.15, 0.2) is 0 Å². The van der Waals surface area contributed by atoms with E-state index in [1.807, 2.05) is 0 Å². The molecule has 0 aliphatic carbocycles. The Kier molecular flexibility index (Phi) is 10.1. The first-order valence-corrected chi connectivity index (χ1v) is 11.6. The molecule has 11 nitrogen and oxygen atoms in total. The minimum atomic E-state index is -0.924. The summed E-state index contributed by atoms with van der Waals surface area (Å²) in [5.41, 5.74) is 2.29. The number of nitrogens with zero attached hydrogens (tertiary/aromatic N) is 2. The third-order valence-corrected chi connectivity index (χ3v) is 5.06. The van der Waals surface area contributed by atoms with Crippen molar-refractivity contribution in [1.82, 2.24) is 25.9 Å². The van der Waals surface area contributed by atoms with Crippen LogP contribution < -0.4 is 21.3 Å². The van der Waals surface area contributed by atoms with Gasteiger partial charge in [-0.3, -0.25) is 19.6 Å². The van der Waals surface area contributed by atoms with Crippen LogP contribution in [0.2, 0.25) is 0 Å². The second-order valence-electron chi connectivity index (χ2n) is 7.86. The van der Waals surface area contributed by atoms with Crippen molar-refractivity contribution in [3.8, 4) is 0 Å². The number of ether oxygens (including phenoxy) is 1. The number of hydrogen-bond donors (Lipinski definition) is 4. The van der Waals surface area contributed by atoms with E-state index in [-0.39, 0.29) is 25.1 Å². The molecule has 0 radical (unpaired) electrons. The van der Waals surface area contributed by atoms with E-state index in [0.29, 0.717) is 12.2 Å². The molecule has 0 aliphatic heterocycles. The van der Waals surface area contributed by atoms with Gasteiger partial charge in [0, 0.05) is 49.0 Å². The number of rotatable bonds is 11. The van der Waals surface area contributed by atoms with Crippen molar-refractivity contribution in [3.63, 3.8) is 0 Å².